The monoisotopic (exact) mass is 342 g/mol. The zero-order valence-electron chi connectivity index (χ0n) is 10.9. The van der Waals surface area contributed by atoms with Crippen LogP contribution in [0.25, 0.3) is 10.9 Å². The van der Waals surface area contributed by atoms with Crippen molar-refractivity contribution in [2.75, 3.05) is 0 Å². The van der Waals surface area contributed by atoms with Crippen LogP contribution in [0.3, 0.4) is 0 Å². The average Bonchev–Trinajstić information content (AvgIpc) is 2.87. The molecule has 0 saturated heterocycles. The molecule has 0 aliphatic heterocycles. The number of halogens is 1. The molecule has 0 spiro atoms. The van der Waals surface area contributed by atoms with Gasteiger partial charge in [0, 0.05) is 16.1 Å². The van der Waals surface area contributed by atoms with Crippen molar-refractivity contribution in [3.8, 4) is 0 Å². The number of para-hydroxylation sites is 1. The number of nitrogens with two attached hydrogens (primary N) is 1. The highest BCUT2D eigenvalue weighted by Gasteiger charge is 2.18. The number of rotatable bonds is 2. The highest BCUT2D eigenvalue weighted by Crippen LogP contribution is 2.24. The van der Waals surface area contributed by atoms with E-state index in [1.54, 1.807) is 30.3 Å². The zero-order chi connectivity index (χ0) is 15.0. The molecule has 0 radical (unpaired) electrons. The summed E-state index contributed by atoms with van der Waals surface area (Å²) in [6.07, 6.45) is 1.49. The quantitative estimate of drug-likeness (QED) is 0.777. The van der Waals surface area contributed by atoms with Crippen LogP contribution in [0.5, 0.6) is 0 Å². The molecule has 0 aliphatic carbocycles. The van der Waals surface area contributed by atoms with E-state index in [0.717, 1.165) is 0 Å². The van der Waals surface area contributed by atoms with Gasteiger partial charge in [-0.05, 0) is 34.1 Å². The van der Waals surface area contributed by atoms with Crippen molar-refractivity contribution in [1.82, 2.24) is 4.57 Å². The Morgan fingerprint density at radius 2 is 1.62 bits per heavy atom. The van der Waals surface area contributed by atoms with Crippen LogP contribution in [0.15, 0.2) is 59.2 Å². The van der Waals surface area contributed by atoms with E-state index >= 15 is 0 Å². The van der Waals surface area contributed by atoms with E-state index in [2.05, 4.69) is 15.9 Å². The number of hydrogen-bond acceptors (Lipinski definition) is 2. The van der Waals surface area contributed by atoms with Crippen LogP contribution in [0.1, 0.15) is 20.7 Å². The fourth-order valence-corrected chi connectivity index (χ4v) is 2.76. The second-order valence-corrected chi connectivity index (χ2v) is 5.43. The molecule has 5 heteroatoms. The van der Waals surface area contributed by atoms with Crippen LogP contribution >= 0.6 is 15.9 Å². The fourth-order valence-electron chi connectivity index (χ4n) is 2.31. The minimum Gasteiger partial charge on any atom is -0.366 e. The van der Waals surface area contributed by atoms with Crippen molar-refractivity contribution < 1.29 is 9.59 Å². The smallest absolute Gasteiger partial charge is 0.263 e. The Hall–Kier alpha value is -2.40. The van der Waals surface area contributed by atoms with Gasteiger partial charge in [0.25, 0.3) is 11.8 Å². The van der Waals surface area contributed by atoms with Crippen LogP contribution in [0, 0.1) is 0 Å². The van der Waals surface area contributed by atoms with Crippen LogP contribution in [-0.2, 0) is 0 Å². The van der Waals surface area contributed by atoms with Crippen molar-refractivity contribution in [1.29, 1.82) is 0 Å². The Balaban J connectivity index is 2.24. The molecule has 4 nitrogen and oxygen atoms in total. The summed E-state index contributed by atoms with van der Waals surface area (Å²) < 4.78 is 2.16. The van der Waals surface area contributed by atoms with E-state index in [0.29, 0.717) is 26.5 Å². The number of benzene rings is 2. The maximum atomic E-state index is 12.7. The SMILES string of the molecule is NC(=O)c1cn(C(=O)c2ccccc2Br)c2ccccc12. The summed E-state index contributed by atoms with van der Waals surface area (Å²) >= 11 is 3.37. The molecule has 2 aromatic carbocycles. The zero-order valence-corrected chi connectivity index (χ0v) is 12.5. The number of nitrogens with zero attached hydrogens (tertiary/aromatic N) is 1. The second kappa shape index (κ2) is 5.18. The molecule has 0 unspecified atom stereocenters. The van der Waals surface area contributed by atoms with E-state index in [4.69, 9.17) is 5.73 Å². The lowest BCUT2D eigenvalue weighted by Gasteiger charge is -2.05. The van der Waals surface area contributed by atoms with E-state index in [1.807, 2.05) is 18.2 Å². The lowest BCUT2D eigenvalue weighted by atomic mass is 10.2. The summed E-state index contributed by atoms with van der Waals surface area (Å²) in [6, 6.07) is 14.3. The summed E-state index contributed by atoms with van der Waals surface area (Å²) in [5, 5.41) is 0.672. The minimum atomic E-state index is -0.551. The van der Waals surface area contributed by atoms with Gasteiger partial charge in [-0.15, -0.1) is 0 Å². The number of hydrogen-bond donors (Lipinski definition) is 1. The number of carbonyl (C=O) groups excluding carboxylic acids is 2. The van der Waals surface area contributed by atoms with Crippen LogP contribution in [0.4, 0.5) is 0 Å². The van der Waals surface area contributed by atoms with Gasteiger partial charge >= 0.3 is 0 Å². The molecule has 3 rings (SSSR count). The molecular weight excluding hydrogens is 332 g/mol. The molecule has 1 heterocycles. The third-order valence-corrected chi connectivity index (χ3v) is 3.99. The minimum absolute atomic E-state index is 0.217. The average molecular weight is 343 g/mol. The van der Waals surface area contributed by atoms with Crippen molar-refractivity contribution in [2.45, 2.75) is 0 Å². The highest BCUT2D eigenvalue weighted by atomic mass is 79.9. The van der Waals surface area contributed by atoms with Crippen LogP contribution in [0.2, 0.25) is 0 Å². The Kier molecular flexibility index (Phi) is 3.35. The van der Waals surface area contributed by atoms with E-state index in [9.17, 15) is 9.59 Å². The van der Waals surface area contributed by atoms with Gasteiger partial charge in [0.05, 0.1) is 16.6 Å². The summed E-state index contributed by atoms with van der Waals surface area (Å²) in [7, 11) is 0. The maximum Gasteiger partial charge on any atom is 0.263 e. The van der Waals surface area contributed by atoms with Crippen molar-refractivity contribution in [2.24, 2.45) is 5.73 Å². The maximum absolute atomic E-state index is 12.7. The van der Waals surface area contributed by atoms with Gasteiger partial charge in [-0.3, -0.25) is 14.2 Å². The number of aromatic nitrogens is 1. The molecule has 0 bridgehead atoms. The standard InChI is InChI=1S/C16H11BrN2O2/c17-13-7-3-1-6-11(13)16(21)19-9-12(15(18)20)10-5-2-4-8-14(10)19/h1-9H,(H2,18,20). The normalized spacial score (nSPS) is 10.7. The third kappa shape index (κ3) is 2.25. The van der Waals surface area contributed by atoms with Crippen LogP contribution in [-0.4, -0.2) is 16.4 Å². The predicted molar refractivity (Wildman–Crippen MR) is 84.3 cm³/mol. The predicted octanol–water partition coefficient (Wildman–Crippen LogP) is 3.19. The summed E-state index contributed by atoms with van der Waals surface area (Å²) in [6.45, 7) is 0. The van der Waals surface area contributed by atoms with Crippen LogP contribution < -0.4 is 5.73 Å². The van der Waals surface area contributed by atoms with Gasteiger partial charge in [-0.1, -0.05) is 30.3 Å². The molecule has 0 atom stereocenters. The van der Waals surface area contributed by atoms with Gasteiger partial charge < -0.3 is 5.73 Å². The van der Waals surface area contributed by atoms with Gasteiger partial charge in [0.1, 0.15) is 0 Å². The number of primary amides is 1. The second-order valence-electron chi connectivity index (χ2n) is 4.58. The summed E-state index contributed by atoms with van der Waals surface area (Å²) in [5.41, 5.74) is 6.91. The molecule has 3 aromatic rings. The molecule has 1 amide bonds. The topological polar surface area (TPSA) is 65.1 Å². The summed E-state index contributed by atoms with van der Waals surface area (Å²) in [4.78, 5) is 24.2. The van der Waals surface area contributed by atoms with Crippen molar-refractivity contribution in [3.05, 3.63) is 70.3 Å². The summed E-state index contributed by atoms with van der Waals surface area (Å²) in [5.74, 6) is -0.768. The Morgan fingerprint density at radius 1 is 0.952 bits per heavy atom. The molecular formula is C16H11BrN2O2. The molecule has 21 heavy (non-hydrogen) atoms. The van der Waals surface area contributed by atoms with E-state index in [1.165, 1.54) is 10.8 Å². The number of amides is 1. The molecule has 104 valence electrons. The largest absolute Gasteiger partial charge is 0.366 e. The van der Waals surface area contributed by atoms with Gasteiger partial charge in [-0.2, -0.15) is 0 Å². The lowest BCUT2D eigenvalue weighted by molar-refractivity contribution is 0.0964. The highest BCUT2D eigenvalue weighted by molar-refractivity contribution is 9.10. The van der Waals surface area contributed by atoms with E-state index < -0.39 is 5.91 Å². The van der Waals surface area contributed by atoms with Crippen molar-refractivity contribution >= 4 is 38.6 Å². The number of carbonyl (C=O) groups is 2. The van der Waals surface area contributed by atoms with Gasteiger partial charge in [0.2, 0.25) is 0 Å². The molecule has 0 saturated carbocycles. The van der Waals surface area contributed by atoms with Crippen molar-refractivity contribution in [3.63, 3.8) is 0 Å². The fraction of sp³-hybridized carbons (Fsp3) is 0. The number of fused-ring (bicyclic) bond motifs is 1. The first-order chi connectivity index (χ1) is 10.1. The van der Waals surface area contributed by atoms with E-state index in [-0.39, 0.29) is 5.91 Å². The van der Waals surface area contributed by atoms with Gasteiger partial charge in [-0.25, -0.2) is 0 Å². The first-order valence-electron chi connectivity index (χ1n) is 6.28. The van der Waals surface area contributed by atoms with Gasteiger partial charge in [0.15, 0.2) is 0 Å². The lowest BCUT2D eigenvalue weighted by Crippen LogP contribution is -2.13. The molecule has 1 aromatic heterocycles. The molecule has 2 N–H and O–H groups in total. The Bertz CT molecular complexity index is 868. The molecule has 0 fully saturated rings. The first kappa shape index (κ1) is 13.6. The molecule has 0 aliphatic rings. The Labute approximate surface area is 129 Å². The first-order valence-corrected chi connectivity index (χ1v) is 7.08. The Morgan fingerprint density at radius 3 is 2.33 bits per heavy atom. The third-order valence-electron chi connectivity index (χ3n) is 3.30.